The van der Waals surface area contributed by atoms with E-state index in [9.17, 15) is 18.0 Å². The van der Waals surface area contributed by atoms with Crippen LogP contribution in [0.15, 0.2) is 30.7 Å². The summed E-state index contributed by atoms with van der Waals surface area (Å²) in [4.78, 5) is 20.6. The number of alkyl halides is 3. The first kappa shape index (κ1) is 23.5. The predicted molar refractivity (Wildman–Crippen MR) is 110 cm³/mol. The summed E-state index contributed by atoms with van der Waals surface area (Å²) < 4.78 is 48.6. The minimum absolute atomic E-state index is 0.122. The molecule has 172 valence electrons. The molecule has 0 fully saturated rings. The molecule has 1 amide bonds. The molecule has 0 bridgehead atoms. The van der Waals surface area contributed by atoms with Crippen LogP contribution in [0.5, 0.6) is 5.88 Å². The molecule has 0 radical (unpaired) electrons. The van der Waals surface area contributed by atoms with E-state index in [4.69, 9.17) is 9.47 Å². The summed E-state index contributed by atoms with van der Waals surface area (Å²) in [5.74, 6) is 0.0188. The quantitative estimate of drug-likeness (QED) is 0.477. The number of pyridine rings is 2. The van der Waals surface area contributed by atoms with Gasteiger partial charge in [0.15, 0.2) is 0 Å². The van der Waals surface area contributed by atoms with Gasteiger partial charge in [-0.15, -0.1) is 0 Å². The molecule has 0 saturated heterocycles. The number of hydrogen-bond acceptors (Lipinski definition) is 6. The fraction of sp³-hybridized carbons (Fsp3) is 0.429. The van der Waals surface area contributed by atoms with E-state index in [1.165, 1.54) is 0 Å². The van der Waals surface area contributed by atoms with Gasteiger partial charge in [-0.3, -0.25) is 14.5 Å². The zero-order valence-electron chi connectivity index (χ0n) is 17.8. The molecule has 3 aromatic rings. The van der Waals surface area contributed by atoms with Gasteiger partial charge >= 0.3 is 6.18 Å². The van der Waals surface area contributed by atoms with Gasteiger partial charge in [-0.25, -0.2) is 4.98 Å². The molecule has 0 aliphatic carbocycles. The normalized spacial score (nSPS) is 11.7. The van der Waals surface area contributed by atoms with Gasteiger partial charge in [0.1, 0.15) is 0 Å². The van der Waals surface area contributed by atoms with E-state index in [1.807, 2.05) is 6.20 Å². The van der Waals surface area contributed by atoms with Gasteiger partial charge in [-0.1, -0.05) is 0 Å². The second-order valence-corrected chi connectivity index (χ2v) is 7.22. The van der Waals surface area contributed by atoms with Crippen LogP contribution in [0, 0.1) is 6.92 Å². The second-order valence-electron chi connectivity index (χ2n) is 7.22. The Morgan fingerprint density at radius 1 is 1.25 bits per heavy atom. The molecule has 0 spiro atoms. The number of carbonyl (C=O) groups excluding carboxylic acids is 1. The maximum atomic E-state index is 12.3. The first-order valence-corrected chi connectivity index (χ1v) is 9.97. The van der Waals surface area contributed by atoms with Crippen molar-refractivity contribution in [2.24, 2.45) is 0 Å². The number of amides is 1. The maximum absolute atomic E-state index is 12.3. The Kier molecular flexibility index (Phi) is 7.62. The van der Waals surface area contributed by atoms with Gasteiger partial charge in [-0.05, 0) is 24.6 Å². The zero-order chi connectivity index (χ0) is 23.1. The third kappa shape index (κ3) is 6.64. The van der Waals surface area contributed by atoms with Crippen molar-refractivity contribution in [1.29, 1.82) is 0 Å². The highest BCUT2D eigenvalue weighted by Gasteiger charge is 2.27. The standard InChI is InChI=1S/C21H24F3N5O3/c1-14-9-15(11-27-20(14)32-7-4-21(22,23)24)12-29-13-16-17(28-29)3-5-25-18(16)10-19(30)26-6-8-31-2/h3,5,9,11,13H,4,6-8,10,12H2,1-2H3,(H,26,30). The van der Waals surface area contributed by atoms with Gasteiger partial charge in [-0.2, -0.15) is 18.3 Å². The second kappa shape index (κ2) is 10.4. The van der Waals surface area contributed by atoms with E-state index in [0.29, 0.717) is 36.5 Å². The molecule has 0 saturated carbocycles. The van der Waals surface area contributed by atoms with Gasteiger partial charge in [0, 0.05) is 43.2 Å². The summed E-state index contributed by atoms with van der Waals surface area (Å²) >= 11 is 0. The minimum atomic E-state index is -4.27. The third-order valence-corrected chi connectivity index (χ3v) is 4.58. The number of carbonyl (C=O) groups is 1. The van der Waals surface area contributed by atoms with Crippen molar-refractivity contribution < 1.29 is 27.4 Å². The number of hydrogen-bond donors (Lipinski definition) is 1. The molecule has 3 rings (SSSR count). The molecular weight excluding hydrogens is 427 g/mol. The highest BCUT2D eigenvalue weighted by Crippen LogP contribution is 2.22. The van der Waals surface area contributed by atoms with Gasteiger partial charge in [0.05, 0.1) is 43.8 Å². The number of rotatable bonds is 10. The van der Waals surface area contributed by atoms with Gasteiger partial charge in [0.2, 0.25) is 11.8 Å². The van der Waals surface area contributed by atoms with E-state index in [-0.39, 0.29) is 18.2 Å². The van der Waals surface area contributed by atoms with E-state index >= 15 is 0 Å². The third-order valence-electron chi connectivity index (χ3n) is 4.58. The number of nitrogens with zero attached hydrogens (tertiary/aromatic N) is 4. The van der Waals surface area contributed by atoms with E-state index in [0.717, 1.165) is 10.9 Å². The summed E-state index contributed by atoms with van der Waals surface area (Å²) in [5.41, 5.74) is 2.77. The molecule has 0 unspecified atom stereocenters. The Bertz CT molecular complexity index is 1070. The van der Waals surface area contributed by atoms with Crippen molar-refractivity contribution in [3.63, 3.8) is 0 Å². The zero-order valence-corrected chi connectivity index (χ0v) is 17.8. The monoisotopic (exact) mass is 451 g/mol. The van der Waals surface area contributed by atoms with Crippen molar-refractivity contribution in [1.82, 2.24) is 25.1 Å². The lowest BCUT2D eigenvalue weighted by atomic mass is 10.2. The molecule has 0 aliphatic heterocycles. The first-order chi connectivity index (χ1) is 15.2. The Morgan fingerprint density at radius 2 is 2.06 bits per heavy atom. The summed E-state index contributed by atoms with van der Waals surface area (Å²) in [6.45, 7) is 2.50. The van der Waals surface area contributed by atoms with Gasteiger partial charge in [0.25, 0.3) is 0 Å². The molecule has 8 nitrogen and oxygen atoms in total. The highest BCUT2D eigenvalue weighted by atomic mass is 19.4. The molecule has 32 heavy (non-hydrogen) atoms. The van der Waals surface area contributed by atoms with Crippen LogP contribution in [0.25, 0.3) is 10.9 Å². The molecule has 0 atom stereocenters. The van der Waals surface area contributed by atoms with Crippen LogP contribution in [-0.2, 0) is 22.5 Å². The van der Waals surface area contributed by atoms with Crippen molar-refractivity contribution >= 4 is 16.8 Å². The molecule has 0 aliphatic rings. The number of fused-ring (bicyclic) bond motifs is 1. The topological polar surface area (TPSA) is 91.2 Å². The average molecular weight is 451 g/mol. The van der Waals surface area contributed by atoms with Crippen LogP contribution in [0.3, 0.4) is 0 Å². The molecular formula is C21H24F3N5O3. The lowest BCUT2D eigenvalue weighted by molar-refractivity contribution is -0.139. The van der Waals surface area contributed by atoms with Crippen molar-refractivity contribution in [3.05, 3.63) is 47.5 Å². The van der Waals surface area contributed by atoms with Crippen LogP contribution in [0.1, 0.15) is 23.2 Å². The van der Waals surface area contributed by atoms with Crippen molar-refractivity contribution in [2.45, 2.75) is 32.5 Å². The van der Waals surface area contributed by atoms with Crippen LogP contribution >= 0.6 is 0 Å². The molecule has 3 aromatic heterocycles. The van der Waals surface area contributed by atoms with Crippen LogP contribution in [-0.4, -0.2) is 58.7 Å². The van der Waals surface area contributed by atoms with E-state index < -0.39 is 19.2 Å². The largest absolute Gasteiger partial charge is 0.477 e. The van der Waals surface area contributed by atoms with Crippen molar-refractivity contribution in [3.8, 4) is 5.88 Å². The van der Waals surface area contributed by atoms with E-state index in [1.54, 1.807) is 43.2 Å². The Hall–Kier alpha value is -3.21. The maximum Gasteiger partial charge on any atom is 0.392 e. The Morgan fingerprint density at radius 3 is 2.78 bits per heavy atom. The summed E-state index contributed by atoms with van der Waals surface area (Å²) in [5, 5.41) is 8.05. The summed E-state index contributed by atoms with van der Waals surface area (Å²) in [6.07, 6.45) is -0.216. The Balaban J connectivity index is 1.67. The average Bonchev–Trinajstić information content (AvgIpc) is 3.12. The number of ether oxygens (including phenoxy) is 2. The van der Waals surface area contributed by atoms with E-state index in [2.05, 4.69) is 20.4 Å². The first-order valence-electron chi connectivity index (χ1n) is 9.97. The fourth-order valence-electron chi connectivity index (χ4n) is 3.09. The lowest BCUT2D eigenvalue weighted by Gasteiger charge is -2.11. The molecule has 11 heteroatoms. The highest BCUT2D eigenvalue weighted by molar-refractivity contribution is 5.86. The number of methoxy groups -OCH3 is 1. The lowest BCUT2D eigenvalue weighted by Crippen LogP contribution is -2.28. The minimum Gasteiger partial charge on any atom is -0.477 e. The molecule has 0 aromatic carbocycles. The van der Waals surface area contributed by atoms with Crippen molar-refractivity contribution in [2.75, 3.05) is 26.9 Å². The van der Waals surface area contributed by atoms with Crippen LogP contribution < -0.4 is 10.1 Å². The number of halogens is 3. The molecule has 1 N–H and O–H groups in total. The van der Waals surface area contributed by atoms with Crippen LogP contribution in [0.4, 0.5) is 13.2 Å². The van der Waals surface area contributed by atoms with Crippen LogP contribution in [0.2, 0.25) is 0 Å². The number of nitrogens with one attached hydrogen (secondary N) is 1. The summed E-state index contributed by atoms with van der Waals surface area (Å²) in [7, 11) is 1.56. The summed E-state index contributed by atoms with van der Waals surface area (Å²) in [6, 6.07) is 3.56. The predicted octanol–water partition coefficient (Wildman–Crippen LogP) is 2.82. The number of aromatic nitrogens is 4. The Labute approximate surface area is 182 Å². The SMILES string of the molecule is COCCNC(=O)Cc1nccc2nn(Cc3cnc(OCCC(F)(F)F)c(C)c3)cc12. The fourth-order valence-corrected chi connectivity index (χ4v) is 3.09. The number of aryl methyl sites for hydroxylation is 1. The van der Waals surface area contributed by atoms with Gasteiger partial charge < -0.3 is 14.8 Å². The smallest absolute Gasteiger partial charge is 0.392 e. The molecule has 3 heterocycles.